The van der Waals surface area contributed by atoms with Gasteiger partial charge >= 0.3 is 0 Å². The third-order valence-corrected chi connectivity index (χ3v) is 3.57. The second-order valence-corrected chi connectivity index (χ2v) is 5.43. The molecule has 0 radical (unpaired) electrons. The van der Waals surface area contributed by atoms with Gasteiger partial charge in [0.15, 0.2) is 6.61 Å². The number of aromatic nitrogens is 1. The van der Waals surface area contributed by atoms with E-state index in [2.05, 4.69) is 4.98 Å². The number of carbonyl (C=O) groups excluding carboxylic acids is 1. The van der Waals surface area contributed by atoms with Crippen LogP contribution in [0.5, 0.6) is 5.75 Å². The minimum atomic E-state index is -0.213. The van der Waals surface area contributed by atoms with Crippen LogP contribution in [0.3, 0.4) is 0 Å². The summed E-state index contributed by atoms with van der Waals surface area (Å²) in [5.74, 6) is 0.921. The van der Waals surface area contributed by atoms with Gasteiger partial charge in [0.25, 0.3) is 5.91 Å². The molecule has 2 aromatic carbocycles. The molecule has 1 heterocycles. The van der Waals surface area contributed by atoms with Gasteiger partial charge in [-0.2, -0.15) is 0 Å². The number of anilines is 2. The molecule has 3 aromatic rings. The van der Waals surface area contributed by atoms with Crippen molar-refractivity contribution in [3.63, 3.8) is 0 Å². The van der Waals surface area contributed by atoms with Crippen LogP contribution in [-0.2, 0) is 4.79 Å². The van der Waals surface area contributed by atoms with Crippen molar-refractivity contribution in [3.05, 3.63) is 84.0 Å². The Hall–Kier alpha value is -2.85. The van der Waals surface area contributed by atoms with Crippen molar-refractivity contribution in [3.8, 4) is 5.75 Å². The van der Waals surface area contributed by atoms with Crippen LogP contribution in [-0.4, -0.2) is 17.5 Å². The van der Waals surface area contributed by atoms with E-state index >= 15 is 0 Å². The fourth-order valence-electron chi connectivity index (χ4n) is 2.21. The van der Waals surface area contributed by atoms with Crippen LogP contribution in [0.2, 0.25) is 5.02 Å². The summed E-state index contributed by atoms with van der Waals surface area (Å²) in [6.07, 6.45) is 1.65. The summed E-state index contributed by atoms with van der Waals surface area (Å²) >= 11 is 5.85. The van der Waals surface area contributed by atoms with Gasteiger partial charge in [-0.15, -0.1) is 0 Å². The van der Waals surface area contributed by atoms with E-state index in [-0.39, 0.29) is 12.5 Å². The number of amides is 1. The van der Waals surface area contributed by atoms with Crippen LogP contribution in [0.1, 0.15) is 0 Å². The summed E-state index contributed by atoms with van der Waals surface area (Å²) in [5.41, 5.74) is 0.737. The minimum Gasteiger partial charge on any atom is -0.484 e. The van der Waals surface area contributed by atoms with Gasteiger partial charge in [-0.25, -0.2) is 4.98 Å². The molecular weight excluding hydrogens is 324 g/mol. The highest BCUT2D eigenvalue weighted by molar-refractivity contribution is 6.30. The van der Waals surface area contributed by atoms with Gasteiger partial charge < -0.3 is 4.74 Å². The summed E-state index contributed by atoms with van der Waals surface area (Å²) in [6.45, 7) is -0.104. The third-order valence-electron chi connectivity index (χ3n) is 3.32. The van der Waals surface area contributed by atoms with Gasteiger partial charge in [0.05, 0.1) is 5.69 Å². The highest BCUT2D eigenvalue weighted by Gasteiger charge is 2.19. The van der Waals surface area contributed by atoms with Crippen molar-refractivity contribution in [2.75, 3.05) is 11.5 Å². The first-order chi connectivity index (χ1) is 11.7. The zero-order valence-electron chi connectivity index (χ0n) is 12.8. The molecule has 0 saturated heterocycles. The van der Waals surface area contributed by atoms with Crippen LogP contribution >= 0.6 is 11.6 Å². The first-order valence-corrected chi connectivity index (χ1v) is 7.79. The first-order valence-electron chi connectivity index (χ1n) is 7.41. The second kappa shape index (κ2) is 7.62. The van der Waals surface area contributed by atoms with Crippen molar-refractivity contribution in [2.45, 2.75) is 0 Å². The monoisotopic (exact) mass is 338 g/mol. The number of nitrogens with zero attached hydrogens (tertiary/aromatic N) is 2. The molecule has 0 aliphatic rings. The standard InChI is InChI=1S/C19H15ClN2O2/c20-15-9-11-17(12-10-15)24-14-19(23)22(16-6-2-1-3-7-16)18-8-4-5-13-21-18/h1-13H,14H2. The number of hydrogen-bond donors (Lipinski definition) is 0. The summed E-state index contributed by atoms with van der Waals surface area (Å²) < 4.78 is 5.57. The summed E-state index contributed by atoms with van der Waals surface area (Å²) in [6, 6.07) is 21.7. The van der Waals surface area contributed by atoms with Gasteiger partial charge in [0.1, 0.15) is 11.6 Å². The molecule has 0 aliphatic carbocycles. The van der Waals surface area contributed by atoms with E-state index in [1.807, 2.05) is 36.4 Å². The van der Waals surface area contributed by atoms with Gasteiger partial charge in [0.2, 0.25) is 0 Å². The lowest BCUT2D eigenvalue weighted by atomic mass is 10.2. The van der Waals surface area contributed by atoms with Crippen molar-refractivity contribution < 1.29 is 9.53 Å². The van der Waals surface area contributed by atoms with E-state index in [4.69, 9.17) is 16.3 Å². The number of pyridine rings is 1. The highest BCUT2D eigenvalue weighted by atomic mass is 35.5. The largest absolute Gasteiger partial charge is 0.484 e. The molecule has 0 atom stereocenters. The van der Waals surface area contributed by atoms with Crippen LogP contribution in [0, 0.1) is 0 Å². The molecule has 5 heteroatoms. The van der Waals surface area contributed by atoms with E-state index < -0.39 is 0 Å². The Bertz CT molecular complexity index is 753. The maximum atomic E-state index is 12.7. The van der Waals surface area contributed by atoms with Crippen LogP contribution in [0.4, 0.5) is 11.5 Å². The number of halogens is 1. The van der Waals surface area contributed by atoms with Gasteiger partial charge in [-0.3, -0.25) is 9.69 Å². The first kappa shape index (κ1) is 16.0. The molecule has 4 nitrogen and oxygen atoms in total. The third kappa shape index (κ3) is 3.91. The molecule has 0 N–H and O–H groups in total. The van der Waals surface area contributed by atoms with Crippen molar-refractivity contribution in [2.24, 2.45) is 0 Å². The molecule has 0 fully saturated rings. The Morgan fingerprint density at radius 1 is 0.958 bits per heavy atom. The Morgan fingerprint density at radius 3 is 2.33 bits per heavy atom. The number of ether oxygens (including phenoxy) is 1. The topological polar surface area (TPSA) is 42.4 Å². The summed E-state index contributed by atoms with van der Waals surface area (Å²) in [4.78, 5) is 18.5. The molecule has 0 saturated carbocycles. The fraction of sp³-hybridized carbons (Fsp3) is 0.0526. The number of carbonyl (C=O) groups is 1. The molecule has 1 amide bonds. The Kier molecular flexibility index (Phi) is 5.08. The van der Waals surface area contributed by atoms with Crippen LogP contribution < -0.4 is 9.64 Å². The Balaban J connectivity index is 1.80. The lowest BCUT2D eigenvalue weighted by molar-refractivity contribution is -0.119. The molecule has 1 aromatic heterocycles. The lowest BCUT2D eigenvalue weighted by Gasteiger charge is -2.22. The van der Waals surface area contributed by atoms with Crippen molar-refractivity contribution in [1.29, 1.82) is 0 Å². The maximum absolute atomic E-state index is 12.7. The highest BCUT2D eigenvalue weighted by Crippen LogP contribution is 2.23. The van der Waals surface area contributed by atoms with Crippen molar-refractivity contribution >= 4 is 29.0 Å². The second-order valence-electron chi connectivity index (χ2n) is 5.00. The van der Waals surface area contributed by atoms with Crippen LogP contribution in [0.25, 0.3) is 0 Å². The fourth-order valence-corrected chi connectivity index (χ4v) is 2.33. The molecule has 3 rings (SSSR count). The van der Waals surface area contributed by atoms with E-state index in [1.54, 1.807) is 42.6 Å². The molecule has 0 spiro atoms. The predicted octanol–water partition coefficient (Wildman–Crippen LogP) is 4.48. The normalized spacial score (nSPS) is 10.2. The average Bonchev–Trinajstić information content (AvgIpc) is 2.63. The molecule has 120 valence electrons. The van der Waals surface area contributed by atoms with E-state index in [0.717, 1.165) is 5.69 Å². The number of rotatable bonds is 5. The Labute approximate surface area is 145 Å². The lowest BCUT2D eigenvalue weighted by Crippen LogP contribution is -2.31. The van der Waals surface area contributed by atoms with Gasteiger partial charge in [0, 0.05) is 11.2 Å². The zero-order valence-corrected chi connectivity index (χ0v) is 13.6. The van der Waals surface area contributed by atoms with E-state index in [1.165, 1.54) is 4.90 Å². The SMILES string of the molecule is O=C(COc1ccc(Cl)cc1)N(c1ccccc1)c1ccccn1. The molecule has 0 unspecified atom stereocenters. The van der Waals surface area contributed by atoms with E-state index in [0.29, 0.717) is 16.6 Å². The number of para-hydroxylation sites is 1. The maximum Gasteiger partial charge on any atom is 0.270 e. The molecular formula is C19H15ClN2O2. The molecule has 0 aliphatic heterocycles. The molecule has 0 bridgehead atoms. The average molecular weight is 339 g/mol. The number of hydrogen-bond acceptors (Lipinski definition) is 3. The van der Waals surface area contributed by atoms with Crippen molar-refractivity contribution in [1.82, 2.24) is 4.98 Å². The quantitative estimate of drug-likeness (QED) is 0.689. The predicted molar refractivity (Wildman–Crippen MR) is 94.8 cm³/mol. The molecule has 24 heavy (non-hydrogen) atoms. The number of benzene rings is 2. The van der Waals surface area contributed by atoms with Crippen LogP contribution in [0.15, 0.2) is 79.0 Å². The van der Waals surface area contributed by atoms with E-state index in [9.17, 15) is 4.79 Å². The van der Waals surface area contributed by atoms with Gasteiger partial charge in [-0.05, 0) is 48.5 Å². The minimum absolute atomic E-state index is 0.104. The zero-order chi connectivity index (χ0) is 16.8. The smallest absolute Gasteiger partial charge is 0.270 e. The Morgan fingerprint density at radius 2 is 1.67 bits per heavy atom. The summed E-state index contributed by atoms with van der Waals surface area (Å²) in [7, 11) is 0. The summed E-state index contributed by atoms with van der Waals surface area (Å²) in [5, 5.41) is 0.619. The van der Waals surface area contributed by atoms with Gasteiger partial charge in [-0.1, -0.05) is 35.9 Å².